The minimum atomic E-state index is -1.48. The van der Waals surface area contributed by atoms with Crippen LogP contribution in [0.5, 0.6) is 0 Å². The van der Waals surface area contributed by atoms with E-state index in [1.54, 1.807) is 14.0 Å². The second-order valence-electron chi connectivity index (χ2n) is 14.4. The van der Waals surface area contributed by atoms with Crippen molar-refractivity contribution in [3.63, 3.8) is 0 Å². The summed E-state index contributed by atoms with van der Waals surface area (Å²) in [6.45, 7) is 9.85. The Kier molecular flexibility index (Phi) is 17.5. The highest BCUT2D eigenvalue weighted by Gasteiger charge is 2.40. The molecule has 0 aromatic rings. The molecule has 280 valence electrons. The van der Waals surface area contributed by atoms with E-state index in [0.717, 1.165) is 38.5 Å². The fourth-order valence-corrected chi connectivity index (χ4v) is 6.63. The average molecular weight is 695 g/mol. The van der Waals surface area contributed by atoms with E-state index in [2.05, 4.69) is 28.2 Å². The van der Waals surface area contributed by atoms with Crippen LogP contribution in [-0.4, -0.2) is 102 Å². The van der Waals surface area contributed by atoms with Crippen molar-refractivity contribution in [1.29, 1.82) is 0 Å². The van der Waals surface area contributed by atoms with E-state index < -0.39 is 90.4 Å². The van der Waals surface area contributed by atoms with Crippen molar-refractivity contribution < 1.29 is 38.6 Å². The van der Waals surface area contributed by atoms with E-state index in [1.807, 2.05) is 13.8 Å². The number of rotatable bonds is 10. The lowest BCUT2D eigenvalue weighted by atomic mass is 9.83. The molecule has 14 heteroatoms. The number of nitrogens with one attached hydrogen (secondary N) is 4. The Morgan fingerprint density at radius 1 is 0.857 bits per heavy atom. The molecule has 1 saturated carbocycles. The van der Waals surface area contributed by atoms with Gasteiger partial charge in [-0.2, -0.15) is 0 Å². The van der Waals surface area contributed by atoms with Crippen molar-refractivity contribution in [2.45, 2.75) is 155 Å². The Hall–Kier alpha value is -3.26. The number of likely N-dealkylation sites (N-methyl/N-ethyl adjacent to an activating group) is 1. The van der Waals surface area contributed by atoms with Crippen LogP contribution in [0.1, 0.15) is 112 Å². The topological polar surface area (TPSA) is 209 Å². The zero-order valence-corrected chi connectivity index (χ0v) is 30.6. The number of hydrogen-bond donors (Lipinski definition) is 6. The van der Waals surface area contributed by atoms with Crippen molar-refractivity contribution in [1.82, 2.24) is 26.2 Å². The summed E-state index contributed by atoms with van der Waals surface area (Å²) < 4.78 is 5.77. The molecule has 2 rings (SSSR count). The number of hydrogen-bond acceptors (Lipinski definition) is 9. The van der Waals surface area contributed by atoms with Gasteiger partial charge in [0.25, 0.3) is 0 Å². The highest BCUT2D eigenvalue weighted by molar-refractivity contribution is 5.96. The van der Waals surface area contributed by atoms with E-state index in [-0.39, 0.29) is 11.8 Å². The first-order valence-corrected chi connectivity index (χ1v) is 18.2. The smallest absolute Gasteiger partial charge is 0.325 e. The van der Waals surface area contributed by atoms with Crippen molar-refractivity contribution >= 4 is 35.5 Å². The monoisotopic (exact) mass is 694 g/mol. The summed E-state index contributed by atoms with van der Waals surface area (Å²) in [5.41, 5.74) is 6.14. The standard InChI is InChI=1S/C35H62N6O8/c1-8-9-10-14-17-26-21(4)35(48)41(7)25(18-20(2)3)31(44)40-30(24-15-12-11-13-16-24)34(47)38-28(22(5)36)33(46)39-29(23(6)42)32(45)37-19-27(43)49-26/h20-26,28-30,42H,8-19,36H2,1-7H3,(H,37,45)(H,38,47)(H,39,46)(H,40,44)/t21-,22?,23+,25+,26-,28+,29+,30+/m1/s1. The van der Waals surface area contributed by atoms with E-state index in [0.29, 0.717) is 32.1 Å². The van der Waals surface area contributed by atoms with Crippen molar-refractivity contribution in [3.05, 3.63) is 0 Å². The molecular weight excluding hydrogens is 632 g/mol. The van der Waals surface area contributed by atoms with Crippen LogP contribution in [0, 0.1) is 17.8 Å². The van der Waals surface area contributed by atoms with Gasteiger partial charge in [-0.05, 0) is 57.8 Å². The molecule has 7 N–H and O–H groups in total. The number of nitrogens with zero attached hydrogens (tertiary/aromatic N) is 1. The molecule has 14 nitrogen and oxygen atoms in total. The predicted octanol–water partition coefficient (Wildman–Crippen LogP) is 1.27. The largest absolute Gasteiger partial charge is 0.460 e. The van der Waals surface area contributed by atoms with Gasteiger partial charge in [0.15, 0.2) is 0 Å². The lowest BCUT2D eigenvalue weighted by molar-refractivity contribution is -0.157. The maximum absolute atomic E-state index is 14.1. The van der Waals surface area contributed by atoms with Gasteiger partial charge in [-0.15, -0.1) is 0 Å². The normalized spacial score (nSPS) is 29.1. The number of unbranched alkanes of at least 4 members (excludes halogenated alkanes) is 3. The fraction of sp³-hybridized carbons (Fsp3) is 0.829. The summed E-state index contributed by atoms with van der Waals surface area (Å²) in [5, 5.41) is 20.9. The van der Waals surface area contributed by atoms with Crippen molar-refractivity contribution in [2.75, 3.05) is 13.6 Å². The van der Waals surface area contributed by atoms with Crippen LogP contribution in [0.2, 0.25) is 0 Å². The number of ether oxygens (including phenoxy) is 1. The molecule has 2 aliphatic rings. The summed E-state index contributed by atoms with van der Waals surface area (Å²) in [7, 11) is 1.55. The highest BCUT2D eigenvalue weighted by atomic mass is 16.5. The first-order chi connectivity index (χ1) is 23.1. The van der Waals surface area contributed by atoms with Gasteiger partial charge in [-0.3, -0.25) is 28.8 Å². The third-order valence-corrected chi connectivity index (χ3v) is 9.66. The van der Waals surface area contributed by atoms with Crippen LogP contribution < -0.4 is 27.0 Å². The van der Waals surface area contributed by atoms with Gasteiger partial charge in [-0.1, -0.05) is 66.2 Å². The molecule has 0 radical (unpaired) electrons. The third-order valence-electron chi connectivity index (χ3n) is 9.66. The van der Waals surface area contributed by atoms with Crippen LogP contribution in [0.4, 0.5) is 0 Å². The summed E-state index contributed by atoms with van der Waals surface area (Å²) in [6.07, 6.45) is 6.17. The van der Waals surface area contributed by atoms with Gasteiger partial charge in [0.05, 0.1) is 12.0 Å². The van der Waals surface area contributed by atoms with E-state index in [1.165, 1.54) is 18.7 Å². The Labute approximate surface area is 291 Å². The highest BCUT2D eigenvalue weighted by Crippen LogP contribution is 2.28. The number of amides is 5. The van der Waals surface area contributed by atoms with Crippen molar-refractivity contribution in [3.8, 4) is 0 Å². The van der Waals surface area contributed by atoms with Gasteiger partial charge < -0.3 is 41.7 Å². The number of carbonyl (C=O) groups excluding carboxylic acids is 6. The molecule has 1 aliphatic heterocycles. The van der Waals surface area contributed by atoms with Crippen LogP contribution in [0.3, 0.4) is 0 Å². The fourth-order valence-electron chi connectivity index (χ4n) is 6.63. The predicted molar refractivity (Wildman–Crippen MR) is 185 cm³/mol. The lowest BCUT2D eigenvalue weighted by Gasteiger charge is -2.36. The maximum atomic E-state index is 14.1. The Morgan fingerprint density at radius 2 is 1.49 bits per heavy atom. The van der Waals surface area contributed by atoms with Crippen LogP contribution in [0.25, 0.3) is 0 Å². The number of carbonyl (C=O) groups is 6. The van der Waals surface area contributed by atoms with Crippen molar-refractivity contribution in [2.24, 2.45) is 23.5 Å². The number of esters is 1. The molecule has 1 unspecified atom stereocenters. The SMILES string of the molecule is CCCCCC[C@H]1OC(=O)CNC(=O)[C@H]([C@H](C)O)NC(=O)[C@H](C(C)N)NC(=O)[C@H](C2CCCCC2)NC(=O)[C@H](CC(C)C)N(C)C(=O)[C@@H]1C. The van der Waals surface area contributed by atoms with Gasteiger partial charge in [0.2, 0.25) is 29.5 Å². The van der Waals surface area contributed by atoms with E-state index >= 15 is 0 Å². The maximum Gasteiger partial charge on any atom is 0.325 e. The third kappa shape index (κ3) is 12.9. The second kappa shape index (κ2) is 20.4. The first kappa shape index (κ1) is 41.9. The summed E-state index contributed by atoms with van der Waals surface area (Å²) >= 11 is 0. The Morgan fingerprint density at radius 3 is 2.06 bits per heavy atom. The molecule has 1 heterocycles. The molecule has 0 aromatic heterocycles. The number of nitrogens with two attached hydrogens (primary N) is 1. The van der Waals surface area contributed by atoms with E-state index in [9.17, 15) is 33.9 Å². The minimum absolute atomic E-state index is 0.0178. The molecule has 5 amide bonds. The molecule has 0 aromatic carbocycles. The lowest BCUT2D eigenvalue weighted by Crippen LogP contribution is -2.64. The Balaban J connectivity index is 2.59. The average Bonchev–Trinajstić information content (AvgIpc) is 3.05. The number of aliphatic hydroxyl groups excluding tert-OH is 1. The molecule has 8 atom stereocenters. The van der Waals surface area contributed by atoms with Crippen LogP contribution in [0.15, 0.2) is 0 Å². The quantitative estimate of drug-likeness (QED) is 0.144. The molecular formula is C35H62N6O8. The number of aliphatic hydroxyl groups is 1. The van der Waals surface area contributed by atoms with Gasteiger partial charge in [0.1, 0.15) is 36.8 Å². The summed E-state index contributed by atoms with van der Waals surface area (Å²) in [6, 6.07) is -5.65. The Bertz CT molecular complexity index is 1130. The summed E-state index contributed by atoms with van der Waals surface area (Å²) in [5.74, 6) is -4.97. The summed E-state index contributed by atoms with van der Waals surface area (Å²) in [4.78, 5) is 83.1. The van der Waals surface area contributed by atoms with Gasteiger partial charge in [-0.25, -0.2) is 0 Å². The molecule has 1 saturated heterocycles. The number of cyclic esters (lactones) is 1. The van der Waals surface area contributed by atoms with Gasteiger partial charge in [0, 0.05) is 13.1 Å². The van der Waals surface area contributed by atoms with Gasteiger partial charge >= 0.3 is 5.97 Å². The molecule has 2 fully saturated rings. The van der Waals surface area contributed by atoms with Crippen LogP contribution in [-0.2, 0) is 33.5 Å². The minimum Gasteiger partial charge on any atom is -0.460 e. The van der Waals surface area contributed by atoms with E-state index in [4.69, 9.17) is 10.5 Å². The molecule has 49 heavy (non-hydrogen) atoms. The zero-order chi connectivity index (χ0) is 36.8. The van der Waals surface area contributed by atoms with Crippen LogP contribution >= 0.6 is 0 Å². The second-order valence-corrected chi connectivity index (χ2v) is 14.4. The zero-order valence-electron chi connectivity index (χ0n) is 30.6. The molecule has 1 aliphatic carbocycles. The molecule has 0 spiro atoms. The first-order valence-electron chi connectivity index (χ1n) is 18.2. The molecule has 0 bridgehead atoms.